The highest BCUT2D eigenvalue weighted by Gasteiger charge is 2.37. The van der Waals surface area contributed by atoms with E-state index in [2.05, 4.69) is 9.98 Å². The highest BCUT2D eigenvalue weighted by molar-refractivity contribution is 7.89. The van der Waals surface area contributed by atoms with Gasteiger partial charge in [0.15, 0.2) is 0 Å². The van der Waals surface area contributed by atoms with Gasteiger partial charge in [0.1, 0.15) is 11.8 Å². The van der Waals surface area contributed by atoms with E-state index in [1.165, 1.54) is 31.4 Å². The van der Waals surface area contributed by atoms with Gasteiger partial charge >= 0.3 is 5.97 Å². The molecule has 0 amide bonds. The predicted octanol–water partition coefficient (Wildman–Crippen LogP) is 2.57. The molecule has 0 radical (unpaired) electrons. The van der Waals surface area contributed by atoms with Crippen molar-refractivity contribution in [1.29, 1.82) is 0 Å². The van der Waals surface area contributed by atoms with E-state index in [-0.39, 0.29) is 11.4 Å². The van der Waals surface area contributed by atoms with Crippen LogP contribution in [0.25, 0.3) is 0 Å². The number of sulfonamides is 1. The molecule has 0 aliphatic carbocycles. The molecular weight excluding hydrogens is 458 g/mol. The molecule has 1 heterocycles. The number of nitrogens with zero attached hydrogens (tertiary/aromatic N) is 3. The minimum absolute atomic E-state index is 0.0616. The average molecular weight is 484 g/mol. The van der Waals surface area contributed by atoms with E-state index < -0.39 is 28.6 Å². The lowest BCUT2D eigenvalue weighted by molar-refractivity contribution is -0.146. The highest BCUT2D eigenvalue weighted by atomic mass is 32.2. The van der Waals surface area contributed by atoms with E-state index in [0.717, 1.165) is 17.0 Å². The van der Waals surface area contributed by atoms with Gasteiger partial charge < -0.3 is 14.6 Å². The molecule has 0 spiro atoms. The number of benzene rings is 2. The number of esters is 1. The first kappa shape index (κ1) is 25.0. The number of rotatable bonds is 10. The number of pyridine rings is 1. The molecule has 0 bridgehead atoms. The van der Waals surface area contributed by atoms with Gasteiger partial charge in [0, 0.05) is 25.2 Å². The van der Waals surface area contributed by atoms with Gasteiger partial charge in [-0.3, -0.25) is 14.8 Å². The van der Waals surface area contributed by atoms with E-state index in [0.29, 0.717) is 17.0 Å². The summed E-state index contributed by atoms with van der Waals surface area (Å²) in [4.78, 5) is 20.8. The van der Waals surface area contributed by atoms with Crippen molar-refractivity contribution in [3.05, 3.63) is 84.2 Å². The summed E-state index contributed by atoms with van der Waals surface area (Å²) in [6.07, 6.45) is 4.91. The van der Waals surface area contributed by atoms with Gasteiger partial charge in [-0.25, -0.2) is 8.42 Å². The molecule has 0 saturated heterocycles. The number of carbonyl (C=O) groups is 1. The predicted molar refractivity (Wildman–Crippen MR) is 127 cm³/mol. The Hall–Kier alpha value is -3.60. The van der Waals surface area contributed by atoms with E-state index in [9.17, 15) is 18.3 Å². The maximum Gasteiger partial charge on any atom is 0.326 e. The summed E-state index contributed by atoms with van der Waals surface area (Å²) in [5, 5.41) is 9.93. The molecule has 1 aromatic heterocycles. The van der Waals surface area contributed by atoms with Crippen LogP contribution in [0.2, 0.25) is 0 Å². The number of methoxy groups -OCH3 is 2. The van der Waals surface area contributed by atoms with Crippen LogP contribution in [0.15, 0.2) is 82.9 Å². The largest absolute Gasteiger partial charge is 0.497 e. The fourth-order valence-electron chi connectivity index (χ4n) is 3.20. The summed E-state index contributed by atoms with van der Waals surface area (Å²) < 4.78 is 37.9. The number of aromatic nitrogens is 1. The quantitative estimate of drug-likeness (QED) is 0.348. The van der Waals surface area contributed by atoms with Gasteiger partial charge in [-0.2, -0.15) is 4.31 Å². The SMILES string of the molecule is COC(=O)C(CO)N(Cc1ccccc1/N=C/c1ccncc1)S(=O)(=O)c1ccc(OC)cc1. The van der Waals surface area contributed by atoms with E-state index in [1.54, 1.807) is 55.0 Å². The Morgan fingerprint density at radius 3 is 2.38 bits per heavy atom. The number of para-hydroxylation sites is 1. The molecule has 2 aromatic carbocycles. The Labute approximate surface area is 198 Å². The molecule has 0 aliphatic heterocycles. The molecule has 178 valence electrons. The highest BCUT2D eigenvalue weighted by Crippen LogP contribution is 2.27. The maximum absolute atomic E-state index is 13.6. The zero-order chi connectivity index (χ0) is 24.6. The lowest BCUT2D eigenvalue weighted by Gasteiger charge is -2.28. The zero-order valence-electron chi connectivity index (χ0n) is 18.7. The summed E-state index contributed by atoms with van der Waals surface area (Å²) in [5.41, 5.74) is 1.86. The lowest BCUT2D eigenvalue weighted by Crippen LogP contribution is -2.47. The van der Waals surface area contributed by atoms with Gasteiger partial charge in [-0.15, -0.1) is 0 Å². The Kier molecular flexibility index (Phi) is 8.47. The smallest absolute Gasteiger partial charge is 0.326 e. The molecular formula is C24H25N3O6S. The molecule has 3 rings (SSSR count). The van der Waals surface area contributed by atoms with Gasteiger partial charge in [0.25, 0.3) is 0 Å². The third-order valence-electron chi connectivity index (χ3n) is 5.04. The first-order chi connectivity index (χ1) is 16.4. The van der Waals surface area contributed by atoms with Crippen LogP contribution >= 0.6 is 0 Å². The Morgan fingerprint density at radius 1 is 1.09 bits per heavy atom. The van der Waals surface area contributed by atoms with Crippen LogP contribution < -0.4 is 4.74 Å². The van der Waals surface area contributed by atoms with Crippen molar-refractivity contribution in [1.82, 2.24) is 9.29 Å². The molecule has 0 saturated carbocycles. The summed E-state index contributed by atoms with van der Waals surface area (Å²) in [7, 11) is -1.61. The molecule has 9 nitrogen and oxygen atoms in total. The first-order valence-electron chi connectivity index (χ1n) is 10.3. The topological polar surface area (TPSA) is 118 Å². The Balaban J connectivity index is 2.03. The average Bonchev–Trinajstić information content (AvgIpc) is 2.88. The molecule has 1 atom stereocenters. The van der Waals surface area contributed by atoms with Crippen LogP contribution in [0.3, 0.4) is 0 Å². The van der Waals surface area contributed by atoms with Crippen LogP contribution in [-0.4, -0.2) is 61.9 Å². The van der Waals surface area contributed by atoms with Gasteiger partial charge in [-0.05, 0) is 53.6 Å². The molecule has 10 heteroatoms. The summed E-state index contributed by atoms with van der Waals surface area (Å²) in [6.45, 7) is -0.983. The summed E-state index contributed by atoms with van der Waals surface area (Å²) in [6, 6.07) is 14.8. The second-order valence-electron chi connectivity index (χ2n) is 7.11. The second kappa shape index (κ2) is 11.5. The third kappa shape index (κ3) is 5.84. The lowest BCUT2D eigenvalue weighted by atomic mass is 10.1. The molecule has 0 aliphatic rings. The normalized spacial score (nSPS) is 12.6. The van der Waals surface area contributed by atoms with Gasteiger partial charge in [-0.1, -0.05) is 18.2 Å². The number of aliphatic hydroxyl groups excluding tert-OH is 1. The number of aliphatic hydroxyl groups is 1. The second-order valence-corrected chi connectivity index (χ2v) is 9.01. The third-order valence-corrected chi connectivity index (χ3v) is 6.91. The van der Waals surface area contributed by atoms with Crippen molar-refractivity contribution >= 4 is 27.9 Å². The van der Waals surface area contributed by atoms with E-state index in [1.807, 2.05) is 0 Å². The molecule has 0 fully saturated rings. The fourth-order valence-corrected chi connectivity index (χ4v) is 4.74. The van der Waals surface area contributed by atoms with Crippen LogP contribution in [0.4, 0.5) is 5.69 Å². The minimum Gasteiger partial charge on any atom is -0.497 e. The van der Waals surface area contributed by atoms with Crippen molar-refractivity contribution in [3.8, 4) is 5.75 Å². The van der Waals surface area contributed by atoms with Crippen LogP contribution in [0.1, 0.15) is 11.1 Å². The number of ether oxygens (including phenoxy) is 2. The molecule has 1 N–H and O–H groups in total. The standard InChI is InChI=1S/C24H25N3O6S/c1-32-20-7-9-21(10-8-20)34(30,31)27(23(17-28)24(29)33-2)16-19-5-3-4-6-22(19)26-15-18-11-13-25-14-12-18/h3-15,23,28H,16-17H2,1-2H3/b26-15+. The number of carbonyl (C=O) groups excluding carboxylic acids is 1. The Bertz CT molecular complexity index is 1230. The fraction of sp³-hybridized carbons (Fsp3) is 0.208. The van der Waals surface area contributed by atoms with E-state index in [4.69, 9.17) is 9.47 Å². The molecule has 3 aromatic rings. The van der Waals surface area contributed by atoms with Crippen LogP contribution in [0.5, 0.6) is 5.75 Å². The molecule has 34 heavy (non-hydrogen) atoms. The van der Waals surface area contributed by atoms with Crippen molar-refractivity contribution in [2.24, 2.45) is 4.99 Å². The van der Waals surface area contributed by atoms with Crippen LogP contribution in [-0.2, 0) is 26.1 Å². The number of aliphatic imine (C=N–C) groups is 1. The Morgan fingerprint density at radius 2 is 1.76 bits per heavy atom. The monoisotopic (exact) mass is 483 g/mol. The zero-order valence-corrected chi connectivity index (χ0v) is 19.6. The van der Waals surface area contributed by atoms with Gasteiger partial charge in [0.05, 0.1) is 31.4 Å². The van der Waals surface area contributed by atoms with E-state index >= 15 is 0 Å². The molecule has 1 unspecified atom stereocenters. The van der Waals surface area contributed by atoms with Crippen molar-refractivity contribution in [2.45, 2.75) is 17.5 Å². The maximum atomic E-state index is 13.6. The summed E-state index contributed by atoms with van der Waals surface area (Å²) in [5.74, 6) is -0.398. The number of hydrogen-bond donors (Lipinski definition) is 1. The van der Waals surface area contributed by atoms with Crippen molar-refractivity contribution < 1.29 is 27.8 Å². The first-order valence-corrected chi connectivity index (χ1v) is 11.7. The van der Waals surface area contributed by atoms with Crippen molar-refractivity contribution in [2.75, 3.05) is 20.8 Å². The van der Waals surface area contributed by atoms with Crippen molar-refractivity contribution in [3.63, 3.8) is 0 Å². The van der Waals surface area contributed by atoms with Gasteiger partial charge in [0.2, 0.25) is 10.0 Å². The number of hydrogen-bond acceptors (Lipinski definition) is 8. The summed E-state index contributed by atoms with van der Waals surface area (Å²) >= 11 is 0. The minimum atomic E-state index is -4.22. The van der Waals surface area contributed by atoms with Crippen LogP contribution in [0, 0.1) is 0 Å².